The Kier molecular flexibility index (Phi) is 6.31. The standard InChI is InChI=1S/C16H19ClN4O3/c1-2-13(22)18-7-5-14(23)20-8-10-21(11-9-20)16(24)12-4-3-6-19-15(12)17/h2-4,6H,1,5,7-11H2,(H,18,22). The molecule has 2 rings (SSSR count). The Labute approximate surface area is 145 Å². The van der Waals surface area contributed by atoms with Crippen molar-refractivity contribution in [3.8, 4) is 0 Å². The van der Waals surface area contributed by atoms with Gasteiger partial charge in [0.25, 0.3) is 5.91 Å². The zero-order chi connectivity index (χ0) is 17.5. The topological polar surface area (TPSA) is 82.6 Å². The van der Waals surface area contributed by atoms with E-state index in [0.29, 0.717) is 31.7 Å². The number of hydrogen-bond donors (Lipinski definition) is 1. The third-order valence-electron chi connectivity index (χ3n) is 3.73. The van der Waals surface area contributed by atoms with Crippen molar-refractivity contribution in [2.24, 2.45) is 0 Å². The van der Waals surface area contributed by atoms with Gasteiger partial charge >= 0.3 is 0 Å². The number of carbonyl (C=O) groups is 3. The molecule has 1 aliphatic rings. The van der Waals surface area contributed by atoms with Crippen LogP contribution in [-0.4, -0.2) is 65.2 Å². The van der Waals surface area contributed by atoms with Gasteiger partial charge in [-0.3, -0.25) is 14.4 Å². The average Bonchev–Trinajstić information content (AvgIpc) is 2.61. The molecule has 0 radical (unpaired) electrons. The fraction of sp³-hybridized carbons (Fsp3) is 0.375. The van der Waals surface area contributed by atoms with Crippen LogP contribution in [0, 0.1) is 0 Å². The van der Waals surface area contributed by atoms with Crippen molar-refractivity contribution in [3.05, 3.63) is 41.7 Å². The summed E-state index contributed by atoms with van der Waals surface area (Å²) in [6.07, 6.45) is 2.92. The lowest BCUT2D eigenvalue weighted by atomic mass is 10.2. The second kappa shape index (κ2) is 8.44. The molecule has 1 aromatic rings. The molecule has 1 N–H and O–H groups in total. The van der Waals surface area contributed by atoms with Crippen LogP contribution < -0.4 is 5.32 Å². The van der Waals surface area contributed by atoms with E-state index in [4.69, 9.17) is 11.6 Å². The Morgan fingerprint density at radius 3 is 2.54 bits per heavy atom. The normalized spacial score (nSPS) is 14.2. The summed E-state index contributed by atoms with van der Waals surface area (Å²) in [5, 5.41) is 2.75. The van der Waals surface area contributed by atoms with E-state index in [9.17, 15) is 14.4 Å². The van der Waals surface area contributed by atoms with Crippen molar-refractivity contribution in [1.82, 2.24) is 20.1 Å². The molecular weight excluding hydrogens is 332 g/mol. The molecule has 0 aromatic carbocycles. The van der Waals surface area contributed by atoms with Gasteiger partial charge in [0.15, 0.2) is 0 Å². The molecule has 1 fully saturated rings. The first kappa shape index (κ1) is 17.9. The Hall–Kier alpha value is -2.41. The predicted octanol–water partition coefficient (Wildman–Crippen LogP) is 0.712. The van der Waals surface area contributed by atoms with Crippen LogP contribution in [0.15, 0.2) is 31.0 Å². The smallest absolute Gasteiger partial charge is 0.257 e. The van der Waals surface area contributed by atoms with Crippen LogP contribution >= 0.6 is 11.6 Å². The lowest BCUT2D eigenvalue weighted by Crippen LogP contribution is -2.51. The second-order valence-electron chi connectivity index (χ2n) is 5.26. The minimum atomic E-state index is -0.299. The fourth-order valence-corrected chi connectivity index (χ4v) is 2.60. The lowest BCUT2D eigenvalue weighted by Gasteiger charge is -2.35. The molecule has 0 bridgehead atoms. The van der Waals surface area contributed by atoms with Crippen molar-refractivity contribution in [1.29, 1.82) is 0 Å². The molecular formula is C16H19ClN4O3. The van der Waals surface area contributed by atoms with E-state index >= 15 is 0 Å². The van der Waals surface area contributed by atoms with Crippen LogP contribution in [0.4, 0.5) is 0 Å². The van der Waals surface area contributed by atoms with Crippen molar-refractivity contribution in [3.63, 3.8) is 0 Å². The highest BCUT2D eigenvalue weighted by Gasteiger charge is 2.25. The summed E-state index contributed by atoms with van der Waals surface area (Å²) in [5.74, 6) is -0.532. The largest absolute Gasteiger partial charge is 0.352 e. The number of nitrogens with zero attached hydrogens (tertiary/aromatic N) is 3. The van der Waals surface area contributed by atoms with Crippen molar-refractivity contribution in [2.75, 3.05) is 32.7 Å². The van der Waals surface area contributed by atoms with Crippen LogP contribution in [0.3, 0.4) is 0 Å². The molecule has 3 amide bonds. The molecule has 0 atom stereocenters. The molecule has 7 nitrogen and oxygen atoms in total. The van der Waals surface area contributed by atoms with Gasteiger partial charge in [0.2, 0.25) is 11.8 Å². The number of aromatic nitrogens is 1. The lowest BCUT2D eigenvalue weighted by molar-refractivity contribution is -0.132. The van der Waals surface area contributed by atoms with E-state index in [1.165, 1.54) is 12.3 Å². The summed E-state index contributed by atoms with van der Waals surface area (Å²) < 4.78 is 0. The summed E-state index contributed by atoms with van der Waals surface area (Å²) >= 11 is 5.95. The van der Waals surface area contributed by atoms with Gasteiger partial charge in [-0.2, -0.15) is 0 Å². The van der Waals surface area contributed by atoms with Crippen molar-refractivity contribution in [2.45, 2.75) is 6.42 Å². The van der Waals surface area contributed by atoms with E-state index in [1.54, 1.807) is 21.9 Å². The number of nitrogens with one attached hydrogen (secondary N) is 1. The molecule has 8 heteroatoms. The summed E-state index contributed by atoms with van der Waals surface area (Å²) in [6, 6.07) is 3.30. The summed E-state index contributed by atoms with van der Waals surface area (Å²) in [4.78, 5) is 42.8. The zero-order valence-corrected chi connectivity index (χ0v) is 14.0. The van der Waals surface area contributed by atoms with Gasteiger partial charge in [-0.25, -0.2) is 4.98 Å². The maximum atomic E-state index is 12.4. The first-order valence-electron chi connectivity index (χ1n) is 7.60. The summed E-state index contributed by atoms with van der Waals surface area (Å²) in [7, 11) is 0. The Bertz CT molecular complexity index is 642. The number of rotatable bonds is 5. The molecule has 0 unspecified atom stereocenters. The highest BCUT2D eigenvalue weighted by Crippen LogP contribution is 2.15. The van der Waals surface area contributed by atoms with Crippen LogP contribution in [0.1, 0.15) is 16.8 Å². The zero-order valence-electron chi connectivity index (χ0n) is 13.2. The molecule has 0 spiro atoms. The van der Waals surface area contributed by atoms with Gasteiger partial charge < -0.3 is 15.1 Å². The first-order chi connectivity index (χ1) is 11.5. The third kappa shape index (κ3) is 4.55. The quantitative estimate of drug-likeness (QED) is 0.626. The van der Waals surface area contributed by atoms with Crippen LogP contribution in [-0.2, 0) is 9.59 Å². The van der Waals surface area contributed by atoms with Crippen LogP contribution in [0.2, 0.25) is 5.15 Å². The first-order valence-corrected chi connectivity index (χ1v) is 7.98. The molecule has 1 aliphatic heterocycles. The third-order valence-corrected chi connectivity index (χ3v) is 4.03. The number of pyridine rings is 1. The molecule has 128 valence electrons. The van der Waals surface area contributed by atoms with Gasteiger partial charge in [0.05, 0.1) is 5.56 Å². The number of carbonyl (C=O) groups excluding carboxylic acids is 3. The van der Waals surface area contributed by atoms with Crippen LogP contribution in [0.5, 0.6) is 0 Å². The number of amides is 3. The Morgan fingerprint density at radius 1 is 1.25 bits per heavy atom. The molecule has 1 saturated heterocycles. The molecule has 2 heterocycles. The Morgan fingerprint density at radius 2 is 1.92 bits per heavy atom. The molecule has 24 heavy (non-hydrogen) atoms. The maximum absolute atomic E-state index is 12.4. The average molecular weight is 351 g/mol. The molecule has 1 aromatic heterocycles. The van der Waals surface area contributed by atoms with Gasteiger partial charge in [0.1, 0.15) is 5.15 Å². The minimum Gasteiger partial charge on any atom is -0.352 e. The number of halogens is 1. The van der Waals surface area contributed by atoms with Gasteiger partial charge in [-0.05, 0) is 18.2 Å². The summed E-state index contributed by atoms with van der Waals surface area (Å²) in [6.45, 7) is 5.41. The molecule has 0 aliphatic carbocycles. The highest BCUT2D eigenvalue weighted by molar-refractivity contribution is 6.32. The molecule has 0 saturated carbocycles. The fourth-order valence-electron chi connectivity index (χ4n) is 2.40. The monoisotopic (exact) mass is 350 g/mol. The van der Waals surface area contributed by atoms with Gasteiger partial charge in [0, 0.05) is 45.3 Å². The van der Waals surface area contributed by atoms with Crippen LogP contribution in [0.25, 0.3) is 0 Å². The SMILES string of the molecule is C=CC(=O)NCCC(=O)N1CCN(C(=O)c2cccnc2Cl)CC1. The second-order valence-corrected chi connectivity index (χ2v) is 5.62. The highest BCUT2D eigenvalue weighted by atomic mass is 35.5. The van der Waals surface area contributed by atoms with Gasteiger partial charge in [-0.15, -0.1) is 0 Å². The van der Waals surface area contributed by atoms with E-state index in [2.05, 4.69) is 16.9 Å². The van der Waals surface area contributed by atoms with E-state index in [1.807, 2.05) is 0 Å². The maximum Gasteiger partial charge on any atom is 0.257 e. The van der Waals surface area contributed by atoms with Gasteiger partial charge in [-0.1, -0.05) is 18.2 Å². The number of hydrogen-bond acceptors (Lipinski definition) is 4. The Balaban J connectivity index is 1.81. The van der Waals surface area contributed by atoms with E-state index in [-0.39, 0.29) is 35.8 Å². The number of piperazine rings is 1. The van der Waals surface area contributed by atoms with E-state index < -0.39 is 0 Å². The van der Waals surface area contributed by atoms with Crippen molar-refractivity contribution >= 4 is 29.3 Å². The van der Waals surface area contributed by atoms with Crippen molar-refractivity contribution < 1.29 is 14.4 Å². The minimum absolute atomic E-state index is 0.0501. The predicted molar refractivity (Wildman–Crippen MR) is 89.6 cm³/mol. The van der Waals surface area contributed by atoms with E-state index in [0.717, 1.165) is 0 Å². The summed E-state index contributed by atoms with van der Waals surface area (Å²) in [5.41, 5.74) is 0.367.